The van der Waals surface area contributed by atoms with E-state index in [0.717, 1.165) is 43.8 Å². The van der Waals surface area contributed by atoms with E-state index in [-0.39, 0.29) is 5.41 Å². The summed E-state index contributed by atoms with van der Waals surface area (Å²) in [7, 11) is 0. The average Bonchev–Trinajstić information content (AvgIpc) is 3.32. The lowest BCUT2D eigenvalue weighted by Crippen LogP contribution is -2.47. The van der Waals surface area contributed by atoms with E-state index in [0.29, 0.717) is 11.7 Å². The standard InChI is InChI=1S/C19H25NO/c1-14-12-19(18(21)17-5-3-2-4-16(14)17)8-10-20(11-9-19)13-15-6-7-15/h2-5,14-15H,6-13H2,1H3. The number of Topliss-reactive ketones (excluding diaryl/α,β-unsaturated/α-hetero) is 1. The Balaban J connectivity index is 1.54. The van der Waals surface area contributed by atoms with Crippen LogP contribution in [0.3, 0.4) is 0 Å². The first-order chi connectivity index (χ1) is 10.2. The van der Waals surface area contributed by atoms with Gasteiger partial charge >= 0.3 is 0 Å². The van der Waals surface area contributed by atoms with Gasteiger partial charge in [-0.05, 0) is 62.6 Å². The van der Waals surface area contributed by atoms with Crippen molar-refractivity contribution in [3.05, 3.63) is 35.4 Å². The van der Waals surface area contributed by atoms with Gasteiger partial charge in [-0.3, -0.25) is 4.79 Å². The van der Waals surface area contributed by atoms with Crippen LogP contribution in [0.4, 0.5) is 0 Å². The van der Waals surface area contributed by atoms with E-state index in [1.54, 1.807) is 0 Å². The third-order valence-corrected chi connectivity index (χ3v) is 5.94. The molecule has 1 aromatic carbocycles. The second-order valence-electron chi connectivity index (χ2n) is 7.55. The summed E-state index contributed by atoms with van der Waals surface area (Å²) in [5.74, 6) is 1.91. The van der Waals surface area contributed by atoms with Crippen molar-refractivity contribution in [1.29, 1.82) is 0 Å². The van der Waals surface area contributed by atoms with Crippen LogP contribution in [0.2, 0.25) is 0 Å². The Kier molecular flexibility index (Phi) is 3.18. The fourth-order valence-electron chi connectivity index (χ4n) is 4.47. The van der Waals surface area contributed by atoms with Crippen LogP contribution in [0.15, 0.2) is 24.3 Å². The molecule has 0 aromatic heterocycles. The number of carbonyl (C=O) groups is 1. The Hall–Kier alpha value is -1.15. The van der Waals surface area contributed by atoms with Crippen LogP contribution in [-0.2, 0) is 0 Å². The van der Waals surface area contributed by atoms with Gasteiger partial charge in [0.2, 0.25) is 0 Å². The molecule has 0 amide bonds. The molecule has 1 atom stereocenters. The van der Waals surface area contributed by atoms with Crippen molar-refractivity contribution in [3.63, 3.8) is 0 Å². The molecule has 2 aliphatic carbocycles. The van der Waals surface area contributed by atoms with Gasteiger partial charge < -0.3 is 4.90 Å². The molecule has 4 rings (SSSR count). The molecule has 2 heteroatoms. The Bertz CT molecular complexity index is 552. The minimum Gasteiger partial charge on any atom is -0.303 e. The summed E-state index contributed by atoms with van der Waals surface area (Å²) in [4.78, 5) is 15.7. The van der Waals surface area contributed by atoms with Crippen molar-refractivity contribution in [2.45, 2.75) is 44.9 Å². The lowest BCUT2D eigenvalue weighted by atomic mass is 9.62. The molecule has 2 fully saturated rings. The van der Waals surface area contributed by atoms with E-state index in [9.17, 15) is 4.79 Å². The van der Waals surface area contributed by atoms with E-state index < -0.39 is 0 Å². The van der Waals surface area contributed by atoms with Crippen molar-refractivity contribution >= 4 is 5.78 Å². The third-order valence-electron chi connectivity index (χ3n) is 5.94. The van der Waals surface area contributed by atoms with Crippen LogP contribution in [0, 0.1) is 11.3 Å². The first kappa shape index (κ1) is 13.5. The second kappa shape index (κ2) is 4.95. The number of hydrogen-bond acceptors (Lipinski definition) is 2. The predicted octanol–water partition coefficient (Wildman–Crippen LogP) is 3.87. The monoisotopic (exact) mass is 283 g/mol. The Morgan fingerprint density at radius 2 is 1.90 bits per heavy atom. The van der Waals surface area contributed by atoms with E-state index in [4.69, 9.17) is 0 Å². The van der Waals surface area contributed by atoms with E-state index >= 15 is 0 Å². The SMILES string of the molecule is CC1CC2(CCN(CC3CC3)CC2)C(=O)c2ccccc21. The van der Waals surface area contributed by atoms with Crippen LogP contribution >= 0.6 is 0 Å². The fourth-order valence-corrected chi connectivity index (χ4v) is 4.47. The lowest BCUT2D eigenvalue weighted by molar-refractivity contribution is 0.0507. The first-order valence-electron chi connectivity index (χ1n) is 8.54. The topological polar surface area (TPSA) is 20.3 Å². The number of carbonyl (C=O) groups excluding carboxylic acids is 1. The van der Waals surface area contributed by atoms with Crippen LogP contribution in [0.5, 0.6) is 0 Å². The van der Waals surface area contributed by atoms with Crippen LogP contribution in [-0.4, -0.2) is 30.3 Å². The molecule has 1 heterocycles. The second-order valence-corrected chi connectivity index (χ2v) is 7.55. The zero-order chi connectivity index (χ0) is 14.4. The first-order valence-corrected chi connectivity index (χ1v) is 8.54. The van der Waals surface area contributed by atoms with Gasteiger partial charge in [-0.1, -0.05) is 31.2 Å². The maximum Gasteiger partial charge on any atom is 0.169 e. The van der Waals surface area contributed by atoms with Gasteiger partial charge in [0.1, 0.15) is 0 Å². The molecular formula is C19H25NO. The van der Waals surface area contributed by atoms with Gasteiger partial charge in [-0.25, -0.2) is 0 Å². The number of nitrogens with zero attached hydrogens (tertiary/aromatic N) is 1. The number of rotatable bonds is 2. The summed E-state index contributed by atoms with van der Waals surface area (Å²) in [6.45, 7) is 5.81. The average molecular weight is 283 g/mol. The van der Waals surface area contributed by atoms with Gasteiger partial charge in [0.25, 0.3) is 0 Å². The molecule has 1 saturated carbocycles. The Morgan fingerprint density at radius 1 is 1.19 bits per heavy atom. The number of hydrogen-bond donors (Lipinski definition) is 0. The summed E-state index contributed by atoms with van der Waals surface area (Å²) in [6.07, 6.45) is 6.03. The quantitative estimate of drug-likeness (QED) is 0.821. The number of ketones is 1. The van der Waals surface area contributed by atoms with Crippen LogP contribution in [0.1, 0.15) is 60.9 Å². The van der Waals surface area contributed by atoms with Crippen molar-refractivity contribution in [2.24, 2.45) is 11.3 Å². The van der Waals surface area contributed by atoms with Crippen molar-refractivity contribution in [2.75, 3.05) is 19.6 Å². The summed E-state index contributed by atoms with van der Waals surface area (Å²) in [5.41, 5.74) is 2.22. The number of likely N-dealkylation sites (tertiary alicyclic amines) is 1. The molecule has 1 saturated heterocycles. The lowest BCUT2D eigenvalue weighted by Gasteiger charge is -2.45. The highest BCUT2D eigenvalue weighted by Gasteiger charge is 2.46. The van der Waals surface area contributed by atoms with Crippen LogP contribution in [0.25, 0.3) is 0 Å². The molecule has 1 spiro atoms. The van der Waals surface area contributed by atoms with Gasteiger partial charge in [-0.2, -0.15) is 0 Å². The predicted molar refractivity (Wildman–Crippen MR) is 84.6 cm³/mol. The highest BCUT2D eigenvalue weighted by Crippen LogP contribution is 2.48. The number of fused-ring (bicyclic) bond motifs is 1. The molecule has 0 radical (unpaired) electrons. The molecule has 21 heavy (non-hydrogen) atoms. The van der Waals surface area contributed by atoms with E-state index in [2.05, 4.69) is 24.0 Å². The molecule has 1 aromatic rings. The Labute approximate surface area is 127 Å². The van der Waals surface area contributed by atoms with Gasteiger partial charge in [-0.15, -0.1) is 0 Å². The zero-order valence-corrected chi connectivity index (χ0v) is 13.0. The number of piperidine rings is 1. The summed E-state index contributed by atoms with van der Waals surface area (Å²) < 4.78 is 0. The minimum atomic E-state index is -0.0617. The zero-order valence-electron chi connectivity index (χ0n) is 13.0. The normalized spacial score (nSPS) is 28.6. The fraction of sp³-hybridized carbons (Fsp3) is 0.632. The van der Waals surface area contributed by atoms with Gasteiger partial charge in [0.05, 0.1) is 0 Å². The Morgan fingerprint density at radius 3 is 2.62 bits per heavy atom. The molecular weight excluding hydrogens is 258 g/mol. The van der Waals surface area contributed by atoms with Crippen molar-refractivity contribution < 1.29 is 4.79 Å². The largest absolute Gasteiger partial charge is 0.303 e. The highest BCUT2D eigenvalue weighted by molar-refractivity contribution is 6.03. The van der Waals surface area contributed by atoms with Crippen molar-refractivity contribution in [1.82, 2.24) is 4.90 Å². The summed E-state index contributed by atoms with van der Waals surface area (Å²) in [6, 6.07) is 8.28. The maximum absolute atomic E-state index is 13.1. The van der Waals surface area contributed by atoms with Crippen molar-refractivity contribution in [3.8, 4) is 0 Å². The maximum atomic E-state index is 13.1. The number of benzene rings is 1. The molecule has 1 aliphatic heterocycles. The molecule has 1 unspecified atom stereocenters. The molecule has 112 valence electrons. The summed E-state index contributed by atoms with van der Waals surface area (Å²) in [5, 5.41) is 0. The third kappa shape index (κ3) is 2.34. The molecule has 0 bridgehead atoms. The molecule has 2 nitrogen and oxygen atoms in total. The van der Waals surface area contributed by atoms with Gasteiger partial charge in [0.15, 0.2) is 5.78 Å². The smallest absolute Gasteiger partial charge is 0.169 e. The van der Waals surface area contributed by atoms with E-state index in [1.165, 1.54) is 24.9 Å². The highest BCUT2D eigenvalue weighted by atomic mass is 16.1. The summed E-state index contributed by atoms with van der Waals surface area (Å²) >= 11 is 0. The van der Waals surface area contributed by atoms with Crippen LogP contribution < -0.4 is 0 Å². The molecule has 0 N–H and O–H groups in total. The molecule has 3 aliphatic rings. The van der Waals surface area contributed by atoms with E-state index in [1.807, 2.05) is 12.1 Å². The minimum absolute atomic E-state index is 0.0617. The van der Waals surface area contributed by atoms with Gasteiger partial charge in [0, 0.05) is 17.5 Å².